The maximum Gasteiger partial charge on any atom is 0.157 e. The lowest BCUT2D eigenvalue weighted by Crippen LogP contribution is -2.33. The van der Waals surface area contributed by atoms with Crippen LogP contribution in [0.4, 0.5) is 0 Å². The molecular formula is C35H46O2P+. The van der Waals surface area contributed by atoms with Crippen LogP contribution in [0, 0.1) is 0 Å². The SMILES string of the molecule is C(=C/CC[P+](c1ccccc1)(c1ccccc1)c1ccccc1)/CCCCCCCCOC1CCCCO1. The molecule has 4 rings (SSSR count). The van der Waals surface area contributed by atoms with Crippen molar-refractivity contribution < 1.29 is 9.47 Å². The third kappa shape index (κ3) is 8.63. The van der Waals surface area contributed by atoms with Crippen molar-refractivity contribution in [2.75, 3.05) is 19.4 Å². The highest BCUT2D eigenvalue weighted by atomic mass is 31.2. The van der Waals surface area contributed by atoms with Crippen LogP contribution in [-0.4, -0.2) is 25.7 Å². The Hall–Kier alpha value is -2.25. The van der Waals surface area contributed by atoms with Gasteiger partial charge in [0.2, 0.25) is 0 Å². The van der Waals surface area contributed by atoms with E-state index in [9.17, 15) is 0 Å². The number of hydrogen-bond acceptors (Lipinski definition) is 2. The van der Waals surface area contributed by atoms with Crippen molar-refractivity contribution in [3.63, 3.8) is 0 Å². The second-order valence-corrected chi connectivity index (χ2v) is 14.0. The van der Waals surface area contributed by atoms with Crippen molar-refractivity contribution in [2.24, 2.45) is 0 Å². The van der Waals surface area contributed by atoms with Crippen LogP contribution in [-0.2, 0) is 9.47 Å². The molecule has 0 saturated carbocycles. The highest BCUT2D eigenvalue weighted by molar-refractivity contribution is 7.95. The van der Waals surface area contributed by atoms with Crippen LogP contribution in [0.5, 0.6) is 0 Å². The second kappa shape index (κ2) is 16.7. The summed E-state index contributed by atoms with van der Waals surface area (Å²) in [4.78, 5) is 0. The summed E-state index contributed by atoms with van der Waals surface area (Å²) in [5.41, 5.74) is 0. The zero-order valence-corrected chi connectivity index (χ0v) is 23.9. The maximum absolute atomic E-state index is 5.84. The van der Waals surface area contributed by atoms with Gasteiger partial charge in [-0.15, -0.1) is 0 Å². The summed E-state index contributed by atoms with van der Waals surface area (Å²) in [6.07, 6.45) is 19.6. The molecular weight excluding hydrogens is 483 g/mol. The molecule has 0 amide bonds. The van der Waals surface area contributed by atoms with E-state index in [-0.39, 0.29) is 6.29 Å². The van der Waals surface area contributed by atoms with Crippen molar-refractivity contribution in [1.29, 1.82) is 0 Å². The molecule has 3 aromatic rings. The zero-order valence-electron chi connectivity index (χ0n) is 23.1. The van der Waals surface area contributed by atoms with E-state index in [2.05, 4.69) is 103 Å². The molecule has 38 heavy (non-hydrogen) atoms. The molecule has 1 saturated heterocycles. The quantitative estimate of drug-likeness (QED) is 0.106. The summed E-state index contributed by atoms with van der Waals surface area (Å²) in [7, 11) is -1.71. The first kappa shape index (κ1) is 28.8. The van der Waals surface area contributed by atoms with Crippen LogP contribution in [0.25, 0.3) is 0 Å². The highest BCUT2D eigenvalue weighted by Crippen LogP contribution is 2.55. The van der Waals surface area contributed by atoms with E-state index in [0.717, 1.165) is 38.6 Å². The molecule has 1 aliphatic heterocycles. The Morgan fingerprint density at radius 2 is 1.16 bits per heavy atom. The number of allylic oxidation sites excluding steroid dienone is 2. The predicted octanol–water partition coefficient (Wildman–Crippen LogP) is 8.20. The fourth-order valence-corrected chi connectivity index (χ4v) is 9.76. The zero-order chi connectivity index (χ0) is 26.1. The fourth-order valence-electron chi connectivity index (χ4n) is 5.51. The smallest absolute Gasteiger partial charge is 0.157 e. The second-order valence-electron chi connectivity index (χ2n) is 10.4. The fraction of sp³-hybridized carbons (Fsp3) is 0.429. The highest BCUT2D eigenvalue weighted by Gasteiger charge is 2.44. The van der Waals surface area contributed by atoms with Crippen molar-refractivity contribution >= 4 is 23.2 Å². The Labute approximate surface area is 231 Å². The molecule has 0 N–H and O–H groups in total. The Bertz CT molecular complexity index is 933. The number of unbranched alkanes of at least 4 members (excludes halogenated alkanes) is 6. The molecule has 0 aromatic heterocycles. The van der Waals surface area contributed by atoms with Gasteiger partial charge in [-0.05, 0) is 74.9 Å². The number of rotatable bonds is 16. The van der Waals surface area contributed by atoms with Crippen LogP contribution in [0.2, 0.25) is 0 Å². The van der Waals surface area contributed by atoms with Gasteiger partial charge in [0.1, 0.15) is 23.2 Å². The standard InChI is InChI=1S/C35H46O2P/c1(3-5-7-19-29-36-35-28-18-20-30-37-35)2-4-6-8-21-31-38(32-22-12-9-13-23-32,33-24-14-10-15-25-33)34-26-16-11-17-27-34/h6,8-17,22-27,35H,1-5,7,18-21,28-31H2/q+1/b8-6-. The van der Waals surface area contributed by atoms with Crippen molar-refractivity contribution in [3.8, 4) is 0 Å². The Morgan fingerprint density at radius 3 is 1.71 bits per heavy atom. The van der Waals surface area contributed by atoms with Gasteiger partial charge in [-0.1, -0.05) is 92.4 Å². The van der Waals surface area contributed by atoms with Gasteiger partial charge in [0, 0.05) is 19.6 Å². The van der Waals surface area contributed by atoms with Crippen LogP contribution in [0.3, 0.4) is 0 Å². The first-order valence-electron chi connectivity index (χ1n) is 14.8. The molecule has 0 spiro atoms. The minimum atomic E-state index is -1.71. The lowest BCUT2D eigenvalue weighted by Gasteiger charge is -2.27. The molecule has 1 atom stereocenters. The van der Waals surface area contributed by atoms with Crippen LogP contribution in [0.15, 0.2) is 103 Å². The first-order valence-corrected chi connectivity index (χ1v) is 16.8. The van der Waals surface area contributed by atoms with E-state index < -0.39 is 7.26 Å². The lowest BCUT2D eigenvalue weighted by atomic mass is 10.1. The van der Waals surface area contributed by atoms with E-state index in [1.54, 1.807) is 0 Å². The third-order valence-corrected chi connectivity index (χ3v) is 12.1. The van der Waals surface area contributed by atoms with Gasteiger partial charge in [-0.3, -0.25) is 0 Å². The Morgan fingerprint density at radius 1 is 0.632 bits per heavy atom. The number of benzene rings is 3. The average molecular weight is 530 g/mol. The average Bonchev–Trinajstić information content (AvgIpc) is 2.99. The summed E-state index contributed by atoms with van der Waals surface area (Å²) < 4.78 is 11.5. The van der Waals surface area contributed by atoms with Crippen LogP contribution in [0.1, 0.15) is 70.6 Å². The summed E-state index contributed by atoms with van der Waals surface area (Å²) >= 11 is 0. The molecule has 0 aliphatic carbocycles. The molecule has 202 valence electrons. The third-order valence-electron chi connectivity index (χ3n) is 7.60. The van der Waals surface area contributed by atoms with Gasteiger partial charge < -0.3 is 9.47 Å². The van der Waals surface area contributed by atoms with Gasteiger partial charge in [0.15, 0.2) is 6.29 Å². The van der Waals surface area contributed by atoms with Gasteiger partial charge in [-0.2, -0.15) is 0 Å². The van der Waals surface area contributed by atoms with Gasteiger partial charge >= 0.3 is 0 Å². The minimum Gasteiger partial charge on any atom is -0.353 e. The molecule has 0 bridgehead atoms. The minimum absolute atomic E-state index is 0.0657. The number of hydrogen-bond donors (Lipinski definition) is 0. The largest absolute Gasteiger partial charge is 0.353 e. The number of ether oxygens (including phenoxy) is 2. The maximum atomic E-state index is 5.84. The molecule has 1 fully saturated rings. The van der Waals surface area contributed by atoms with E-state index in [1.165, 1.54) is 67.3 Å². The van der Waals surface area contributed by atoms with Gasteiger partial charge in [0.05, 0.1) is 6.16 Å². The topological polar surface area (TPSA) is 18.5 Å². The van der Waals surface area contributed by atoms with Crippen LogP contribution >= 0.6 is 7.26 Å². The van der Waals surface area contributed by atoms with E-state index in [0.29, 0.717) is 0 Å². The summed E-state index contributed by atoms with van der Waals surface area (Å²) in [6, 6.07) is 33.6. The van der Waals surface area contributed by atoms with Crippen molar-refractivity contribution in [2.45, 2.75) is 76.9 Å². The van der Waals surface area contributed by atoms with Gasteiger partial charge in [0.25, 0.3) is 0 Å². The normalized spacial score (nSPS) is 16.2. The van der Waals surface area contributed by atoms with Gasteiger partial charge in [-0.25, -0.2) is 0 Å². The van der Waals surface area contributed by atoms with E-state index >= 15 is 0 Å². The molecule has 1 heterocycles. The summed E-state index contributed by atoms with van der Waals surface area (Å²) in [5.74, 6) is 0. The Kier molecular flexibility index (Phi) is 12.6. The molecule has 2 nitrogen and oxygen atoms in total. The van der Waals surface area contributed by atoms with E-state index in [4.69, 9.17) is 9.47 Å². The Balaban J connectivity index is 1.22. The summed E-state index contributed by atoms with van der Waals surface area (Å²) in [5, 5.41) is 4.42. The molecule has 3 aromatic carbocycles. The summed E-state index contributed by atoms with van der Waals surface area (Å²) in [6.45, 7) is 1.72. The van der Waals surface area contributed by atoms with Crippen LogP contribution < -0.4 is 15.9 Å². The first-order chi connectivity index (χ1) is 18.9. The molecule has 1 aliphatic rings. The monoisotopic (exact) mass is 529 g/mol. The van der Waals surface area contributed by atoms with E-state index in [1.807, 2.05) is 0 Å². The lowest BCUT2D eigenvalue weighted by molar-refractivity contribution is -0.162. The molecule has 1 unspecified atom stereocenters. The predicted molar refractivity (Wildman–Crippen MR) is 166 cm³/mol. The molecule has 3 heteroatoms. The van der Waals surface area contributed by atoms with Crippen molar-refractivity contribution in [1.82, 2.24) is 0 Å². The van der Waals surface area contributed by atoms with Crippen molar-refractivity contribution in [3.05, 3.63) is 103 Å². The molecule has 0 radical (unpaired) electrons.